The van der Waals surface area contributed by atoms with E-state index in [0.29, 0.717) is 12.1 Å². The molecule has 1 aliphatic heterocycles. The lowest BCUT2D eigenvalue weighted by atomic mass is 10.0. The molecule has 1 amide bonds. The Morgan fingerprint density at radius 2 is 1.90 bits per heavy atom. The van der Waals surface area contributed by atoms with Gasteiger partial charge in [0, 0.05) is 30.6 Å². The maximum absolute atomic E-state index is 13.1. The lowest BCUT2D eigenvalue weighted by Crippen LogP contribution is -2.40. The zero-order valence-corrected chi connectivity index (χ0v) is 17.3. The molecule has 1 fully saturated rings. The molecule has 0 radical (unpaired) electrons. The lowest BCUT2D eigenvalue weighted by Gasteiger charge is -2.31. The van der Waals surface area contributed by atoms with Crippen LogP contribution >= 0.6 is 0 Å². The molecule has 1 aromatic carbocycles. The zero-order valence-electron chi connectivity index (χ0n) is 17.3. The molecule has 5 nitrogen and oxygen atoms in total. The highest BCUT2D eigenvalue weighted by molar-refractivity contribution is 5.98. The predicted octanol–water partition coefficient (Wildman–Crippen LogP) is 3.78. The monoisotopic (exact) mass is 393 g/mol. The maximum Gasteiger partial charge on any atom is 0.223 e. The van der Waals surface area contributed by atoms with Crippen molar-refractivity contribution in [3.8, 4) is 0 Å². The van der Waals surface area contributed by atoms with E-state index < -0.39 is 0 Å². The average Bonchev–Trinajstić information content (AvgIpc) is 3.06. The summed E-state index contributed by atoms with van der Waals surface area (Å²) in [4.78, 5) is 32.0. The summed E-state index contributed by atoms with van der Waals surface area (Å²) in [7, 11) is 0. The second kappa shape index (κ2) is 10.9. The molecule has 1 unspecified atom stereocenters. The number of pyridine rings is 1. The minimum absolute atomic E-state index is 0.0290. The van der Waals surface area contributed by atoms with Gasteiger partial charge in [0.15, 0.2) is 5.78 Å². The molecule has 5 heteroatoms. The third-order valence-electron chi connectivity index (χ3n) is 5.61. The number of rotatable bonds is 8. The Labute approximate surface area is 173 Å². The summed E-state index contributed by atoms with van der Waals surface area (Å²) in [5, 5.41) is 3.41. The number of ketones is 1. The lowest BCUT2D eigenvalue weighted by molar-refractivity contribution is -0.134. The molecule has 1 aliphatic rings. The fourth-order valence-electron chi connectivity index (χ4n) is 3.83. The first kappa shape index (κ1) is 21.2. The average molecular weight is 394 g/mol. The van der Waals surface area contributed by atoms with Gasteiger partial charge in [0.2, 0.25) is 5.91 Å². The number of hydrogen-bond acceptors (Lipinski definition) is 4. The van der Waals surface area contributed by atoms with E-state index >= 15 is 0 Å². The van der Waals surface area contributed by atoms with Crippen LogP contribution in [0.4, 0.5) is 0 Å². The van der Waals surface area contributed by atoms with Crippen molar-refractivity contribution in [2.24, 2.45) is 0 Å². The van der Waals surface area contributed by atoms with Gasteiger partial charge < -0.3 is 10.2 Å². The van der Waals surface area contributed by atoms with Crippen LogP contribution in [0, 0.1) is 0 Å². The molecule has 2 heterocycles. The van der Waals surface area contributed by atoms with Gasteiger partial charge in [-0.25, -0.2) is 0 Å². The maximum atomic E-state index is 13.1. The number of amides is 1. The first-order chi connectivity index (χ1) is 14.2. The molecule has 3 rings (SSSR count). The van der Waals surface area contributed by atoms with Crippen molar-refractivity contribution in [1.29, 1.82) is 0 Å². The number of nitrogens with one attached hydrogen (secondary N) is 1. The number of aromatic nitrogens is 1. The number of aryl methyl sites for hydroxylation is 1. The summed E-state index contributed by atoms with van der Waals surface area (Å²) in [6.07, 6.45) is 6.17. The highest BCUT2D eigenvalue weighted by Gasteiger charge is 2.25. The summed E-state index contributed by atoms with van der Waals surface area (Å²) in [5.41, 5.74) is 2.78. The van der Waals surface area contributed by atoms with Crippen LogP contribution in [0.1, 0.15) is 60.6 Å². The second-order valence-corrected chi connectivity index (χ2v) is 7.65. The Hall–Kier alpha value is -2.53. The SMILES string of the molecule is CCc1ccc(C(=O)CCC(=O)N(Cc2ccccn2)C2CCCNCC2)cc1. The Kier molecular flexibility index (Phi) is 7.94. The normalized spacial score (nSPS) is 16.8. The number of carbonyl (C=O) groups excluding carboxylic acids is 2. The van der Waals surface area contributed by atoms with Gasteiger partial charge in [0.05, 0.1) is 12.2 Å². The molecule has 1 N–H and O–H groups in total. The van der Waals surface area contributed by atoms with E-state index in [0.717, 1.165) is 44.5 Å². The number of nitrogens with zero attached hydrogens (tertiary/aromatic N) is 2. The summed E-state index contributed by atoms with van der Waals surface area (Å²) >= 11 is 0. The molecular weight excluding hydrogens is 362 g/mol. The molecular formula is C24H31N3O2. The Bertz CT molecular complexity index is 782. The van der Waals surface area contributed by atoms with E-state index in [4.69, 9.17) is 0 Å². The van der Waals surface area contributed by atoms with Crippen LogP contribution in [-0.4, -0.2) is 40.7 Å². The van der Waals surface area contributed by atoms with Gasteiger partial charge in [-0.05, 0) is 56.5 Å². The number of benzene rings is 1. The van der Waals surface area contributed by atoms with Crippen LogP contribution < -0.4 is 5.32 Å². The van der Waals surface area contributed by atoms with E-state index in [1.165, 1.54) is 5.56 Å². The van der Waals surface area contributed by atoms with Crippen molar-refractivity contribution in [2.45, 2.75) is 58.0 Å². The summed E-state index contributed by atoms with van der Waals surface area (Å²) < 4.78 is 0. The van der Waals surface area contributed by atoms with Gasteiger partial charge in [-0.1, -0.05) is 37.3 Å². The predicted molar refractivity (Wildman–Crippen MR) is 115 cm³/mol. The number of Topliss-reactive ketones (excluding diaryl/α,β-unsaturated/α-hetero) is 1. The molecule has 1 atom stereocenters. The standard InChI is InChI=1S/C24H31N3O2/c1-2-19-8-10-20(11-9-19)23(28)12-13-24(29)27(18-21-6-3-4-16-26-21)22-7-5-15-25-17-14-22/h3-4,6,8-11,16,22,25H,2,5,7,12-15,17-18H2,1H3. The molecule has 2 aromatic rings. The Morgan fingerprint density at radius 3 is 2.62 bits per heavy atom. The topological polar surface area (TPSA) is 62.3 Å². The minimum Gasteiger partial charge on any atom is -0.334 e. The summed E-state index contributed by atoms with van der Waals surface area (Å²) in [6, 6.07) is 13.7. The van der Waals surface area contributed by atoms with Gasteiger partial charge >= 0.3 is 0 Å². The first-order valence-corrected chi connectivity index (χ1v) is 10.7. The zero-order chi connectivity index (χ0) is 20.5. The Morgan fingerprint density at radius 1 is 1.07 bits per heavy atom. The van der Waals surface area contributed by atoms with Crippen molar-refractivity contribution in [3.63, 3.8) is 0 Å². The summed E-state index contributed by atoms with van der Waals surface area (Å²) in [5.74, 6) is 0.0717. The third kappa shape index (κ3) is 6.23. The van der Waals surface area contributed by atoms with Gasteiger partial charge in [-0.15, -0.1) is 0 Å². The van der Waals surface area contributed by atoms with E-state index in [-0.39, 0.29) is 30.6 Å². The highest BCUT2D eigenvalue weighted by atomic mass is 16.2. The summed E-state index contributed by atoms with van der Waals surface area (Å²) in [6.45, 7) is 4.51. The van der Waals surface area contributed by atoms with Crippen LogP contribution in [0.3, 0.4) is 0 Å². The van der Waals surface area contributed by atoms with Gasteiger partial charge in [-0.2, -0.15) is 0 Å². The fourth-order valence-corrected chi connectivity index (χ4v) is 3.83. The largest absolute Gasteiger partial charge is 0.334 e. The molecule has 0 aliphatic carbocycles. The quantitative estimate of drug-likeness (QED) is 0.694. The molecule has 1 aromatic heterocycles. The van der Waals surface area contributed by atoms with Crippen LogP contribution in [0.5, 0.6) is 0 Å². The van der Waals surface area contributed by atoms with Crippen LogP contribution in [-0.2, 0) is 17.8 Å². The van der Waals surface area contributed by atoms with Crippen molar-refractivity contribution in [2.75, 3.05) is 13.1 Å². The van der Waals surface area contributed by atoms with E-state index in [2.05, 4.69) is 17.2 Å². The van der Waals surface area contributed by atoms with Crippen LogP contribution in [0.15, 0.2) is 48.7 Å². The molecule has 1 saturated heterocycles. The third-order valence-corrected chi connectivity index (χ3v) is 5.61. The van der Waals surface area contributed by atoms with E-state index in [1.807, 2.05) is 47.4 Å². The van der Waals surface area contributed by atoms with Crippen molar-refractivity contribution < 1.29 is 9.59 Å². The first-order valence-electron chi connectivity index (χ1n) is 10.7. The molecule has 0 saturated carbocycles. The molecule has 154 valence electrons. The number of hydrogen-bond donors (Lipinski definition) is 1. The Balaban J connectivity index is 1.65. The fraction of sp³-hybridized carbons (Fsp3) is 0.458. The van der Waals surface area contributed by atoms with Crippen LogP contribution in [0.25, 0.3) is 0 Å². The second-order valence-electron chi connectivity index (χ2n) is 7.65. The molecule has 0 spiro atoms. The molecule has 0 bridgehead atoms. The van der Waals surface area contributed by atoms with Crippen molar-refractivity contribution >= 4 is 11.7 Å². The van der Waals surface area contributed by atoms with Gasteiger partial charge in [0.1, 0.15) is 0 Å². The van der Waals surface area contributed by atoms with Crippen LogP contribution in [0.2, 0.25) is 0 Å². The minimum atomic E-state index is 0.0290. The van der Waals surface area contributed by atoms with E-state index in [9.17, 15) is 9.59 Å². The highest BCUT2D eigenvalue weighted by Crippen LogP contribution is 2.19. The van der Waals surface area contributed by atoms with Gasteiger partial charge in [0.25, 0.3) is 0 Å². The molecule has 29 heavy (non-hydrogen) atoms. The van der Waals surface area contributed by atoms with Crippen molar-refractivity contribution in [3.05, 3.63) is 65.5 Å². The number of carbonyl (C=O) groups is 2. The smallest absolute Gasteiger partial charge is 0.223 e. The van der Waals surface area contributed by atoms with Crippen molar-refractivity contribution in [1.82, 2.24) is 15.2 Å². The van der Waals surface area contributed by atoms with Gasteiger partial charge in [-0.3, -0.25) is 14.6 Å². The van der Waals surface area contributed by atoms with E-state index in [1.54, 1.807) is 6.20 Å².